The van der Waals surface area contributed by atoms with Gasteiger partial charge in [0.25, 0.3) is 5.91 Å². The molecule has 2 aromatic rings. The van der Waals surface area contributed by atoms with E-state index in [-0.39, 0.29) is 5.91 Å². The van der Waals surface area contributed by atoms with Crippen molar-refractivity contribution in [3.8, 4) is 0 Å². The molecular formula is C15H16BrNOS. The van der Waals surface area contributed by atoms with Gasteiger partial charge in [0, 0.05) is 6.54 Å². The molecule has 0 spiro atoms. The molecular weight excluding hydrogens is 322 g/mol. The van der Waals surface area contributed by atoms with Gasteiger partial charge in [-0.25, -0.2) is 0 Å². The summed E-state index contributed by atoms with van der Waals surface area (Å²) < 4.78 is 1.02. The van der Waals surface area contributed by atoms with Crippen LogP contribution in [0.25, 0.3) is 0 Å². The normalized spacial score (nSPS) is 12.2. The Kier molecular flexibility index (Phi) is 4.77. The Morgan fingerprint density at radius 3 is 2.63 bits per heavy atom. The molecule has 1 N–H and O–H groups in total. The van der Waals surface area contributed by atoms with Gasteiger partial charge in [0.15, 0.2) is 0 Å². The van der Waals surface area contributed by atoms with Gasteiger partial charge >= 0.3 is 0 Å². The predicted octanol–water partition coefficient (Wildman–Crippen LogP) is 4.35. The molecule has 0 aliphatic heterocycles. The molecule has 0 radical (unpaired) electrons. The minimum atomic E-state index is 0.00146. The molecule has 0 bridgehead atoms. The van der Waals surface area contributed by atoms with Crippen LogP contribution in [0.1, 0.15) is 33.6 Å². The summed E-state index contributed by atoms with van der Waals surface area (Å²) in [7, 11) is 0. The molecule has 1 unspecified atom stereocenters. The second-order valence-electron chi connectivity index (χ2n) is 4.59. The fraction of sp³-hybridized carbons (Fsp3) is 0.267. The molecule has 1 heterocycles. The van der Waals surface area contributed by atoms with Crippen molar-refractivity contribution >= 4 is 33.2 Å². The lowest BCUT2D eigenvalue weighted by Crippen LogP contribution is -2.26. The first-order chi connectivity index (χ1) is 9.08. The van der Waals surface area contributed by atoms with Gasteiger partial charge in [-0.15, -0.1) is 11.3 Å². The summed E-state index contributed by atoms with van der Waals surface area (Å²) in [4.78, 5) is 12.8. The number of hydrogen-bond donors (Lipinski definition) is 1. The first kappa shape index (κ1) is 14.3. The number of benzene rings is 1. The van der Waals surface area contributed by atoms with Crippen molar-refractivity contribution in [2.45, 2.75) is 19.8 Å². The number of thiophene rings is 1. The minimum absolute atomic E-state index is 0.00146. The molecule has 100 valence electrons. The van der Waals surface area contributed by atoms with Crippen LogP contribution in [0.4, 0.5) is 0 Å². The van der Waals surface area contributed by atoms with E-state index in [0.717, 1.165) is 14.2 Å². The van der Waals surface area contributed by atoms with Crippen LogP contribution in [0, 0.1) is 6.92 Å². The zero-order chi connectivity index (χ0) is 13.8. The van der Waals surface area contributed by atoms with E-state index in [1.807, 2.05) is 31.2 Å². The largest absolute Gasteiger partial charge is 0.351 e. The third kappa shape index (κ3) is 3.67. The van der Waals surface area contributed by atoms with E-state index in [2.05, 4.69) is 40.3 Å². The number of amides is 1. The summed E-state index contributed by atoms with van der Waals surface area (Å²) in [5.41, 5.74) is 2.34. The van der Waals surface area contributed by atoms with Crippen LogP contribution in [0.15, 0.2) is 40.2 Å². The van der Waals surface area contributed by atoms with Gasteiger partial charge in [-0.3, -0.25) is 4.79 Å². The van der Waals surface area contributed by atoms with E-state index in [1.165, 1.54) is 16.9 Å². The lowest BCUT2D eigenvalue weighted by atomic mass is 10.0. The van der Waals surface area contributed by atoms with Gasteiger partial charge < -0.3 is 5.32 Å². The average Bonchev–Trinajstić information content (AvgIpc) is 2.77. The summed E-state index contributed by atoms with van der Waals surface area (Å²) in [6.45, 7) is 4.76. The maximum atomic E-state index is 12.0. The summed E-state index contributed by atoms with van der Waals surface area (Å²) in [6, 6.07) is 12.1. The smallest absolute Gasteiger partial charge is 0.261 e. The highest BCUT2D eigenvalue weighted by atomic mass is 79.9. The van der Waals surface area contributed by atoms with E-state index in [4.69, 9.17) is 0 Å². The molecule has 1 amide bonds. The lowest BCUT2D eigenvalue weighted by molar-refractivity contribution is 0.0955. The van der Waals surface area contributed by atoms with E-state index in [9.17, 15) is 4.79 Å². The van der Waals surface area contributed by atoms with Crippen LogP contribution in [0.3, 0.4) is 0 Å². The molecule has 4 heteroatoms. The molecule has 0 fully saturated rings. The van der Waals surface area contributed by atoms with Crippen LogP contribution in [-0.4, -0.2) is 12.5 Å². The van der Waals surface area contributed by atoms with Crippen molar-refractivity contribution in [2.75, 3.05) is 6.54 Å². The van der Waals surface area contributed by atoms with Gasteiger partial charge in [-0.2, -0.15) is 0 Å². The zero-order valence-corrected chi connectivity index (χ0v) is 13.3. The summed E-state index contributed by atoms with van der Waals surface area (Å²) in [5, 5.41) is 2.99. The summed E-state index contributed by atoms with van der Waals surface area (Å²) in [5.74, 6) is 0.316. The SMILES string of the molecule is Cc1cc(C(=O)NCC(C)c2ccccc2)sc1Br. The number of halogens is 1. The second-order valence-corrected chi connectivity index (χ2v) is 6.96. The third-order valence-corrected chi connectivity index (χ3v) is 5.15. The summed E-state index contributed by atoms with van der Waals surface area (Å²) in [6.07, 6.45) is 0. The Bertz CT molecular complexity index is 545. The Hall–Kier alpha value is -1.13. The topological polar surface area (TPSA) is 29.1 Å². The highest BCUT2D eigenvalue weighted by Crippen LogP contribution is 2.27. The van der Waals surface area contributed by atoms with Crippen LogP contribution >= 0.6 is 27.3 Å². The molecule has 0 saturated heterocycles. The first-order valence-corrected chi connectivity index (χ1v) is 7.78. The Balaban J connectivity index is 1.94. The maximum absolute atomic E-state index is 12.0. The number of rotatable bonds is 4. The van der Waals surface area contributed by atoms with Gasteiger partial charge in [0.2, 0.25) is 0 Å². The monoisotopic (exact) mass is 337 g/mol. The highest BCUT2D eigenvalue weighted by molar-refractivity contribution is 9.11. The van der Waals surface area contributed by atoms with E-state index in [1.54, 1.807) is 0 Å². The Morgan fingerprint density at radius 1 is 1.37 bits per heavy atom. The molecule has 0 aliphatic carbocycles. The van der Waals surface area contributed by atoms with Crippen molar-refractivity contribution < 1.29 is 4.79 Å². The van der Waals surface area contributed by atoms with Crippen molar-refractivity contribution in [3.05, 3.63) is 56.2 Å². The predicted molar refractivity (Wildman–Crippen MR) is 83.9 cm³/mol. The van der Waals surface area contributed by atoms with Gasteiger partial charge in [0.1, 0.15) is 0 Å². The van der Waals surface area contributed by atoms with Crippen LogP contribution in [0.5, 0.6) is 0 Å². The maximum Gasteiger partial charge on any atom is 0.261 e. The van der Waals surface area contributed by atoms with E-state index in [0.29, 0.717) is 12.5 Å². The standard InChI is InChI=1S/C15H16BrNOS/c1-10-8-13(19-14(10)16)15(18)17-9-11(2)12-6-4-3-5-7-12/h3-8,11H,9H2,1-2H3,(H,17,18). The molecule has 2 nitrogen and oxygen atoms in total. The molecule has 2 rings (SSSR count). The van der Waals surface area contributed by atoms with Crippen LogP contribution in [0.2, 0.25) is 0 Å². The minimum Gasteiger partial charge on any atom is -0.351 e. The van der Waals surface area contributed by atoms with Gasteiger partial charge in [-0.05, 0) is 46.0 Å². The lowest BCUT2D eigenvalue weighted by Gasteiger charge is -2.12. The number of aryl methyl sites for hydroxylation is 1. The van der Waals surface area contributed by atoms with Crippen molar-refractivity contribution in [2.24, 2.45) is 0 Å². The molecule has 1 aromatic heterocycles. The Morgan fingerprint density at radius 2 is 2.05 bits per heavy atom. The highest BCUT2D eigenvalue weighted by Gasteiger charge is 2.12. The van der Waals surface area contributed by atoms with Crippen LogP contribution in [-0.2, 0) is 0 Å². The molecule has 19 heavy (non-hydrogen) atoms. The average molecular weight is 338 g/mol. The van der Waals surface area contributed by atoms with Gasteiger partial charge in [-0.1, -0.05) is 37.3 Å². The molecule has 0 saturated carbocycles. The number of carbonyl (C=O) groups excluding carboxylic acids is 1. The number of nitrogens with one attached hydrogen (secondary N) is 1. The van der Waals surface area contributed by atoms with E-state index < -0.39 is 0 Å². The zero-order valence-electron chi connectivity index (χ0n) is 10.9. The van der Waals surface area contributed by atoms with Crippen molar-refractivity contribution in [1.29, 1.82) is 0 Å². The number of carbonyl (C=O) groups is 1. The molecule has 1 aromatic carbocycles. The van der Waals surface area contributed by atoms with Gasteiger partial charge in [0.05, 0.1) is 8.66 Å². The summed E-state index contributed by atoms with van der Waals surface area (Å²) >= 11 is 4.91. The second kappa shape index (κ2) is 6.35. The van der Waals surface area contributed by atoms with E-state index >= 15 is 0 Å². The molecule has 0 aliphatic rings. The molecule has 1 atom stereocenters. The number of hydrogen-bond acceptors (Lipinski definition) is 2. The van der Waals surface area contributed by atoms with Crippen LogP contribution < -0.4 is 5.32 Å². The van der Waals surface area contributed by atoms with Crippen molar-refractivity contribution in [3.63, 3.8) is 0 Å². The van der Waals surface area contributed by atoms with Crippen molar-refractivity contribution in [1.82, 2.24) is 5.32 Å². The quantitative estimate of drug-likeness (QED) is 0.882. The third-order valence-electron chi connectivity index (χ3n) is 3.02. The Labute approximate surface area is 126 Å². The fourth-order valence-corrected chi connectivity index (χ4v) is 3.26. The fourth-order valence-electron chi connectivity index (χ4n) is 1.80. The first-order valence-electron chi connectivity index (χ1n) is 6.17.